The molecule has 19 heavy (non-hydrogen) atoms. The molecule has 0 unspecified atom stereocenters. The van der Waals surface area contributed by atoms with Crippen LogP contribution < -0.4 is 15.5 Å². The fourth-order valence-electron chi connectivity index (χ4n) is 2.57. The van der Waals surface area contributed by atoms with Gasteiger partial charge in [-0.2, -0.15) is 0 Å². The van der Waals surface area contributed by atoms with Crippen LogP contribution >= 0.6 is 0 Å². The number of fused-ring (bicyclic) bond motifs is 1. The Morgan fingerprint density at radius 1 is 1.32 bits per heavy atom. The maximum Gasteiger partial charge on any atom is 0.315 e. The number of rotatable bonds is 5. The van der Waals surface area contributed by atoms with Gasteiger partial charge in [-0.25, -0.2) is 4.79 Å². The molecule has 2 amide bonds. The Bertz CT molecular complexity index is 456. The second-order valence-corrected chi connectivity index (χ2v) is 5.39. The van der Waals surface area contributed by atoms with Crippen LogP contribution in [0.2, 0.25) is 0 Å². The third-order valence-electron chi connectivity index (χ3n) is 3.79. The fraction of sp³-hybridized carbons (Fsp3) is 0.533. The van der Waals surface area contributed by atoms with Crippen molar-refractivity contribution in [3.05, 3.63) is 29.8 Å². The van der Waals surface area contributed by atoms with Crippen LogP contribution in [0.1, 0.15) is 24.8 Å². The Hall–Kier alpha value is -1.71. The molecule has 1 heterocycles. The Labute approximate surface area is 114 Å². The standard InChI is InChI=1S/C15H21N3O/c19-15(17-13-6-7-13)16-9-3-10-18-11-8-12-4-1-2-5-14(12)18/h1-2,4-5,13H,3,6-11H2,(H2,16,17,19). The number of urea groups is 1. The van der Waals surface area contributed by atoms with E-state index in [1.807, 2.05) is 0 Å². The Morgan fingerprint density at radius 2 is 2.16 bits per heavy atom. The van der Waals surface area contributed by atoms with E-state index < -0.39 is 0 Å². The monoisotopic (exact) mass is 259 g/mol. The van der Waals surface area contributed by atoms with Crippen molar-refractivity contribution in [3.8, 4) is 0 Å². The highest BCUT2D eigenvalue weighted by atomic mass is 16.2. The van der Waals surface area contributed by atoms with Gasteiger partial charge in [0.15, 0.2) is 0 Å². The van der Waals surface area contributed by atoms with Crippen LogP contribution in [0.4, 0.5) is 10.5 Å². The van der Waals surface area contributed by atoms with Crippen LogP contribution in [0.3, 0.4) is 0 Å². The van der Waals surface area contributed by atoms with Crippen LogP contribution in [-0.2, 0) is 6.42 Å². The molecule has 0 radical (unpaired) electrons. The summed E-state index contributed by atoms with van der Waals surface area (Å²) in [5.74, 6) is 0. The smallest absolute Gasteiger partial charge is 0.315 e. The minimum absolute atomic E-state index is 0.00989. The first kappa shape index (κ1) is 12.3. The number of nitrogens with one attached hydrogen (secondary N) is 2. The topological polar surface area (TPSA) is 44.4 Å². The molecular formula is C15H21N3O. The SMILES string of the molecule is O=C(NCCCN1CCc2ccccc21)NC1CC1. The van der Waals surface area contributed by atoms with Gasteiger partial charge < -0.3 is 15.5 Å². The zero-order valence-corrected chi connectivity index (χ0v) is 11.2. The van der Waals surface area contributed by atoms with Gasteiger partial charge in [-0.15, -0.1) is 0 Å². The van der Waals surface area contributed by atoms with Crippen molar-refractivity contribution in [3.63, 3.8) is 0 Å². The third-order valence-corrected chi connectivity index (χ3v) is 3.79. The molecule has 0 spiro atoms. The van der Waals surface area contributed by atoms with Crippen molar-refractivity contribution < 1.29 is 4.79 Å². The summed E-state index contributed by atoms with van der Waals surface area (Å²) in [5, 5.41) is 5.86. The molecule has 1 saturated carbocycles. The number of anilines is 1. The number of benzene rings is 1. The van der Waals surface area contributed by atoms with Gasteiger partial charge in [-0.1, -0.05) is 18.2 Å². The van der Waals surface area contributed by atoms with E-state index in [0.717, 1.165) is 45.3 Å². The maximum atomic E-state index is 11.5. The van der Waals surface area contributed by atoms with Crippen LogP contribution in [0, 0.1) is 0 Å². The van der Waals surface area contributed by atoms with Gasteiger partial charge in [0.05, 0.1) is 0 Å². The molecule has 2 N–H and O–H groups in total. The molecule has 1 aliphatic carbocycles. The highest BCUT2D eigenvalue weighted by Gasteiger charge is 2.23. The van der Waals surface area contributed by atoms with Gasteiger partial charge in [0.2, 0.25) is 0 Å². The van der Waals surface area contributed by atoms with E-state index in [4.69, 9.17) is 0 Å². The summed E-state index contributed by atoms with van der Waals surface area (Å²) in [5.41, 5.74) is 2.81. The number of nitrogens with zero attached hydrogens (tertiary/aromatic N) is 1. The summed E-state index contributed by atoms with van der Waals surface area (Å²) in [6.45, 7) is 2.87. The van der Waals surface area contributed by atoms with Crippen molar-refractivity contribution in [2.24, 2.45) is 0 Å². The van der Waals surface area contributed by atoms with Crippen LogP contribution in [0.15, 0.2) is 24.3 Å². The highest BCUT2D eigenvalue weighted by molar-refractivity contribution is 5.74. The summed E-state index contributed by atoms with van der Waals surface area (Å²) in [4.78, 5) is 13.9. The molecule has 1 aromatic carbocycles. The number of para-hydroxylation sites is 1. The van der Waals surface area contributed by atoms with Crippen molar-refractivity contribution in [1.29, 1.82) is 0 Å². The first-order valence-corrected chi connectivity index (χ1v) is 7.20. The van der Waals surface area contributed by atoms with E-state index in [0.29, 0.717) is 6.04 Å². The maximum absolute atomic E-state index is 11.5. The number of carbonyl (C=O) groups excluding carboxylic acids is 1. The molecule has 2 aliphatic rings. The molecule has 1 aromatic rings. The molecular weight excluding hydrogens is 238 g/mol. The summed E-state index contributed by atoms with van der Waals surface area (Å²) in [7, 11) is 0. The lowest BCUT2D eigenvalue weighted by Gasteiger charge is -2.19. The Balaban J connectivity index is 1.37. The first-order chi connectivity index (χ1) is 9.33. The van der Waals surface area contributed by atoms with Crippen molar-refractivity contribution in [2.45, 2.75) is 31.7 Å². The minimum atomic E-state index is -0.00989. The van der Waals surface area contributed by atoms with Gasteiger partial charge in [0.1, 0.15) is 0 Å². The molecule has 1 fully saturated rings. The van der Waals surface area contributed by atoms with E-state index in [1.54, 1.807) is 0 Å². The first-order valence-electron chi connectivity index (χ1n) is 7.20. The molecule has 3 rings (SSSR count). The van der Waals surface area contributed by atoms with Gasteiger partial charge in [-0.3, -0.25) is 0 Å². The predicted molar refractivity (Wildman–Crippen MR) is 76.5 cm³/mol. The van der Waals surface area contributed by atoms with E-state index in [9.17, 15) is 4.79 Å². The molecule has 0 saturated heterocycles. The summed E-state index contributed by atoms with van der Waals surface area (Å²) in [6, 6.07) is 9.02. The predicted octanol–water partition coefficient (Wildman–Crippen LogP) is 1.90. The molecule has 4 heteroatoms. The normalized spacial score (nSPS) is 17.2. The van der Waals surface area contributed by atoms with E-state index >= 15 is 0 Å². The Morgan fingerprint density at radius 3 is 3.00 bits per heavy atom. The molecule has 0 bridgehead atoms. The lowest BCUT2D eigenvalue weighted by molar-refractivity contribution is 0.240. The fourth-order valence-corrected chi connectivity index (χ4v) is 2.57. The number of amides is 2. The largest absolute Gasteiger partial charge is 0.371 e. The summed E-state index contributed by atoms with van der Waals surface area (Å²) >= 11 is 0. The van der Waals surface area contributed by atoms with Gasteiger partial charge in [-0.05, 0) is 37.3 Å². The van der Waals surface area contributed by atoms with Crippen LogP contribution in [0.5, 0.6) is 0 Å². The van der Waals surface area contributed by atoms with Gasteiger partial charge in [0.25, 0.3) is 0 Å². The number of carbonyl (C=O) groups is 1. The molecule has 0 aromatic heterocycles. The van der Waals surface area contributed by atoms with Crippen molar-refractivity contribution in [2.75, 3.05) is 24.5 Å². The average molecular weight is 259 g/mol. The zero-order valence-electron chi connectivity index (χ0n) is 11.2. The second kappa shape index (κ2) is 5.51. The Kier molecular flexibility index (Phi) is 3.58. The van der Waals surface area contributed by atoms with E-state index in [-0.39, 0.29) is 6.03 Å². The zero-order chi connectivity index (χ0) is 13.1. The highest BCUT2D eigenvalue weighted by Crippen LogP contribution is 2.27. The minimum Gasteiger partial charge on any atom is -0.371 e. The second-order valence-electron chi connectivity index (χ2n) is 5.39. The number of hydrogen-bond donors (Lipinski definition) is 2. The van der Waals surface area contributed by atoms with Crippen LogP contribution in [0.25, 0.3) is 0 Å². The van der Waals surface area contributed by atoms with Crippen molar-refractivity contribution >= 4 is 11.7 Å². The summed E-state index contributed by atoms with van der Waals surface area (Å²) in [6.07, 6.45) is 4.41. The third kappa shape index (κ3) is 3.19. The van der Waals surface area contributed by atoms with Crippen LogP contribution in [-0.4, -0.2) is 31.7 Å². The number of hydrogen-bond acceptors (Lipinski definition) is 2. The molecule has 0 atom stereocenters. The van der Waals surface area contributed by atoms with Gasteiger partial charge in [0, 0.05) is 31.4 Å². The summed E-state index contributed by atoms with van der Waals surface area (Å²) < 4.78 is 0. The molecule has 1 aliphatic heterocycles. The quantitative estimate of drug-likeness (QED) is 0.793. The lowest BCUT2D eigenvalue weighted by atomic mass is 10.2. The molecule has 102 valence electrons. The average Bonchev–Trinajstić information content (AvgIpc) is 3.14. The van der Waals surface area contributed by atoms with Gasteiger partial charge >= 0.3 is 6.03 Å². The molecule has 4 nitrogen and oxygen atoms in total. The van der Waals surface area contributed by atoms with Crippen molar-refractivity contribution in [1.82, 2.24) is 10.6 Å². The van der Waals surface area contributed by atoms with E-state index in [2.05, 4.69) is 39.8 Å². The lowest BCUT2D eigenvalue weighted by Crippen LogP contribution is -2.38. The van der Waals surface area contributed by atoms with E-state index in [1.165, 1.54) is 11.3 Å².